The molecule has 0 heterocycles. The van der Waals surface area contributed by atoms with Gasteiger partial charge in [0, 0.05) is 0 Å². The molecule has 0 amide bonds. The second-order valence-electron chi connectivity index (χ2n) is 6.04. The lowest BCUT2D eigenvalue weighted by Crippen LogP contribution is -2.48. The van der Waals surface area contributed by atoms with Crippen molar-refractivity contribution in [3.8, 4) is 0 Å². The second kappa shape index (κ2) is 3.74. The highest BCUT2D eigenvalue weighted by atomic mass is 16.5. The summed E-state index contributed by atoms with van der Waals surface area (Å²) in [6, 6.07) is 0. The Hall–Kier alpha value is -0.0800. The third-order valence-corrected chi connectivity index (χ3v) is 5.40. The third kappa shape index (κ3) is 1.53. The van der Waals surface area contributed by atoms with Gasteiger partial charge in [-0.15, -0.1) is 0 Å². The molecule has 3 unspecified atom stereocenters. The smallest absolute Gasteiger partial charge is 0.0701 e. The lowest BCUT2D eigenvalue weighted by molar-refractivity contribution is -0.119. The van der Waals surface area contributed by atoms with Gasteiger partial charge in [0.25, 0.3) is 0 Å². The standard InChI is InChI=1S/C13H24O2/c1-12(2)10-4-5-11(15-9-8-14)13(12,3)7-6-10/h10-11,14H,4-9H2,1-3H3. The minimum absolute atomic E-state index is 0.149. The maximum atomic E-state index is 8.86. The van der Waals surface area contributed by atoms with Crippen molar-refractivity contribution < 1.29 is 9.84 Å². The van der Waals surface area contributed by atoms with E-state index >= 15 is 0 Å². The van der Waals surface area contributed by atoms with Gasteiger partial charge in [0.05, 0.1) is 19.3 Å². The summed E-state index contributed by atoms with van der Waals surface area (Å²) in [5, 5.41) is 8.86. The van der Waals surface area contributed by atoms with E-state index in [0.29, 0.717) is 23.5 Å². The molecule has 0 aromatic heterocycles. The molecule has 2 aliphatic carbocycles. The molecule has 2 rings (SSSR count). The van der Waals surface area contributed by atoms with E-state index in [0.717, 1.165) is 5.92 Å². The van der Waals surface area contributed by atoms with Crippen molar-refractivity contribution in [2.45, 2.75) is 52.6 Å². The number of fused-ring (bicyclic) bond motifs is 2. The third-order valence-electron chi connectivity index (χ3n) is 5.40. The number of hydrogen-bond acceptors (Lipinski definition) is 2. The summed E-state index contributed by atoms with van der Waals surface area (Å²) in [4.78, 5) is 0. The van der Waals surface area contributed by atoms with Crippen LogP contribution in [0.5, 0.6) is 0 Å². The fourth-order valence-electron chi connectivity index (χ4n) is 3.84. The molecule has 3 atom stereocenters. The molecular formula is C13H24O2. The predicted molar refractivity (Wildman–Crippen MR) is 60.7 cm³/mol. The summed E-state index contributed by atoms with van der Waals surface area (Å²) < 4.78 is 5.85. The zero-order valence-electron chi connectivity index (χ0n) is 10.3. The van der Waals surface area contributed by atoms with Crippen LogP contribution in [-0.2, 0) is 4.74 Å². The number of rotatable bonds is 3. The number of aliphatic hydroxyl groups excluding tert-OH is 1. The first-order chi connectivity index (χ1) is 7.02. The van der Waals surface area contributed by atoms with Gasteiger partial charge in [-0.05, 0) is 42.4 Å². The molecule has 88 valence electrons. The normalized spacial score (nSPS) is 43.2. The summed E-state index contributed by atoms with van der Waals surface area (Å²) in [5.74, 6) is 0.886. The summed E-state index contributed by atoms with van der Waals surface area (Å²) in [6.45, 7) is 7.84. The highest BCUT2D eigenvalue weighted by Crippen LogP contribution is 2.63. The molecule has 2 bridgehead atoms. The molecule has 2 nitrogen and oxygen atoms in total. The Labute approximate surface area is 93.0 Å². The highest BCUT2D eigenvalue weighted by molar-refractivity contribution is 5.07. The van der Waals surface area contributed by atoms with E-state index < -0.39 is 0 Å². The number of ether oxygens (including phenoxy) is 1. The molecule has 2 heteroatoms. The SMILES string of the molecule is CC1(C)C2CCC(OCCO)C1(C)CC2. The monoisotopic (exact) mass is 212 g/mol. The maximum Gasteiger partial charge on any atom is 0.0701 e. The van der Waals surface area contributed by atoms with Crippen LogP contribution in [0, 0.1) is 16.7 Å². The quantitative estimate of drug-likeness (QED) is 0.779. The Morgan fingerprint density at radius 1 is 1.20 bits per heavy atom. The van der Waals surface area contributed by atoms with Gasteiger partial charge in [-0.1, -0.05) is 20.8 Å². The van der Waals surface area contributed by atoms with Crippen molar-refractivity contribution in [1.82, 2.24) is 0 Å². The van der Waals surface area contributed by atoms with Crippen molar-refractivity contribution in [2.75, 3.05) is 13.2 Å². The van der Waals surface area contributed by atoms with Gasteiger partial charge in [0.15, 0.2) is 0 Å². The van der Waals surface area contributed by atoms with Gasteiger partial charge in [-0.3, -0.25) is 0 Å². The minimum Gasteiger partial charge on any atom is -0.394 e. The van der Waals surface area contributed by atoms with Gasteiger partial charge >= 0.3 is 0 Å². The molecule has 0 aliphatic heterocycles. The molecule has 0 radical (unpaired) electrons. The predicted octanol–water partition coefficient (Wildman–Crippen LogP) is 2.60. The molecule has 1 N–H and O–H groups in total. The van der Waals surface area contributed by atoms with E-state index in [4.69, 9.17) is 9.84 Å². The van der Waals surface area contributed by atoms with Gasteiger partial charge < -0.3 is 9.84 Å². The first-order valence-electron chi connectivity index (χ1n) is 6.25. The van der Waals surface area contributed by atoms with Crippen LogP contribution in [0.1, 0.15) is 46.5 Å². The van der Waals surface area contributed by atoms with Gasteiger partial charge in [-0.2, -0.15) is 0 Å². The Kier molecular flexibility index (Phi) is 2.85. The van der Waals surface area contributed by atoms with Gasteiger partial charge in [-0.25, -0.2) is 0 Å². The van der Waals surface area contributed by atoms with E-state index in [1.54, 1.807) is 0 Å². The fraction of sp³-hybridized carbons (Fsp3) is 1.00. The first kappa shape index (κ1) is 11.4. The molecule has 15 heavy (non-hydrogen) atoms. The van der Waals surface area contributed by atoms with E-state index in [-0.39, 0.29) is 6.61 Å². The molecule has 2 saturated carbocycles. The average molecular weight is 212 g/mol. The maximum absolute atomic E-state index is 8.86. The van der Waals surface area contributed by atoms with Gasteiger partial charge in [0.1, 0.15) is 0 Å². The van der Waals surface area contributed by atoms with Crippen LogP contribution in [0.15, 0.2) is 0 Å². The summed E-state index contributed by atoms with van der Waals surface area (Å²) in [5.41, 5.74) is 0.733. The van der Waals surface area contributed by atoms with E-state index in [1.165, 1.54) is 25.7 Å². The topological polar surface area (TPSA) is 29.5 Å². The summed E-state index contributed by atoms with van der Waals surface area (Å²) in [7, 11) is 0. The zero-order valence-corrected chi connectivity index (χ0v) is 10.3. The van der Waals surface area contributed by atoms with Crippen LogP contribution in [0.4, 0.5) is 0 Å². The Bertz CT molecular complexity index is 237. The van der Waals surface area contributed by atoms with Crippen molar-refractivity contribution in [3.63, 3.8) is 0 Å². The molecule has 2 aliphatic rings. The molecular weight excluding hydrogens is 188 g/mol. The summed E-state index contributed by atoms with van der Waals surface area (Å²) >= 11 is 0. The van der Waals surface area contributed by atoms with Crippen LogP contribution in [0.25, 0.3) is 0 Å². The number of aliphatic hydroxyl groups is 1. The van der Waals surface area contributed by atoms with E-state index in [1.807, 2.05) is 0 Å². The highest BCUT2D eigenvalue weighted by Gasteiger charge is 2.58. The Morgan fingerprint density at radius 2 is 1.93 bits per heavy atom. The van der Waals surface area contributed by atoms with Crippen molar-refractivity contribution in [2.24, 2.45) is 16.7 Å². The molecule has 0 saturated heterocycles. The Balaban J connectivity index is 2.14. The lowest BCUT2D eigenvalue weighted by Gasteiger charge is -2.50. The largest absolute Gasteiger partial charge is 0.394 e. The van der Waals surface area contributed by atoms with E-state index in [9.17, 15) is 0 Å². The van der Waals surface area contributed by atoms with Crippen molar-refractivity contribution >= 4 is 0 Å². The van der Waals surface area contributed by atoms with Crippen LogP contribution in [0.2, 0.25) is 0 Å². The van der Waals surface area contributed by atoms with Crippen molar-refractivity contribution in [3.05, 3.63) is 0 Å². The zero-order chi connectivity index (χ0) is 11.1. The van der Waals surface area contributed by atoms with Crippen molar-refractivity contribution in [1.29, 1.82) is 0 Å². The minimum atomic E-state index is 0.149. The number of hydrogen-bond donors (Lipinski definition) is 1. The molecule has 2 fully saturated rings. The molecule has 0 spiro atoms. The fourth-order valence-corrected chi connectivity index (χ4v) is 3.84. The van der Waals surface area contributed by atoms with Gasteiger partial charge in [0.2, 0.25) is 0 Å². The van der Waals surface area contributed by atoms with Crippen LogP contribution < -0.4 is 0 Å². The van der Waals surface area contributed by atoms with Crippen LogP contribution >= 0.6 is 0 Å². The van der Waals surface area contributed by atoms with Crippen LogP contribution in [0.3, 0.4) is 0 Å². The summed E-state index contributed by atoms with van der Waals surface area (Å²) in [6.07, 6.45) is 5.50. The average Bonchev–Trinajstić information content (AvgIpc) is 2.37. The van der Waals surface area contributed by atoms with Crippen LogP contribution in [-0.4, -0.2) is 24.4 Å². The lowest BCUT2D eigenvalue weighted by atomic mass is 9.58. The molecule has 0 aromatic carbocycles. The Morgan fingerprint density at radius 3 is 2.60 bits per heavy atom. The molecule has 0 aromatic rings. The second-order valence-corrected chi connectivity index (χ2v) is 6.04. The first-order valence-corrected chi connectivity index (χ1v) is 6.25. The van der Waals surface area contributed by atoms with E-state index in [2.05, 4.69) is 20.8 Å².